The molecule has 0 aliphatic heterocycles. The molecule has 5 rings (SSSR count). The Hall–Kier alpha value is -3.59. The lowest BCUT2D eigenvalue weighted by molar-refractivity contribution is 0.418. The molecule has 0 saturated carbocycles. The highest BCUT2D eigenvalue weighted by molar-refractivity contribution is 6.06. The summed E-state index contributed by atoms with van der Waals surface area (Å²) in [4.78, 5) is 4.08. The fourth-order valence-electron chi connectivity index (χ4n) is 4.91. The van der Waals surface area contributed by atoms with Crippen LogP contribution in [0.5, 0.6) is 0 Å². The molecule has 0 atom stereocenters. The van der Waals surface area contributed by atoms with Crippen molar-refractivity contribution in [2.24, 2.45) is 0 Å². The third-order valence-electron chi connectivity index (χ3n) is 6.48. The second kappa shape index (κ2) is 7.92. The van der Waals surface area contributed by atoms with Crippen LogP contribution in [0, 0.1) is 5.41 Å². The Morgan fingerprint density at radius 3 is 1.90 bits per heavy atom. The zero-order chi connectivity index (χ0) is 21.4. The number of aryl methyl sites for hydroxylation is 2. The van der Waals surface area contributed by atoms with Gasteiger partial charge in [0.2, 0.25) is 0 Å². The fourth-order valence-corrected chi connectivity index (χ4v) is 4.91. The lowest BCUT2D eigenvalue weighted by Crippen LogP contribution is -2.42. The summed E-state index contributed by atoms with van der Waals surface area (Å²) in [7, 11) is 4.02. The van der Waals surface area contributed by atoms with Gasteiger partial charge in [-0.25, -0.2) is 0 Å². The minimum atomic E-state index is -0.0332. The zero-order valence-corrected chi connectivity index (χ0v) is 18.0. The van der Waals surface area contributed by atoms with E-state index in [0.717, 1.165) is 18.5 Å². The molecule has 4 aromatic carbocycles. The highest BCUT2D eigenvalue weighted by atomic mass is 15.4. The van der Waals surface area contributed by atoms with Crippen molar-refractivity contribution in [2.75, 3.05) is 19.0 Å². The molecule has 1 N–H and O–H groups in total. The number of hydrogen-bond donors (Lipinski definition) is 1. The molecule has 0 bridgehead atoms. The molecule has 0 amide bonds. The maximum atomic E-state index is 9.12. The first-order valence-electron chi connectivity index (χ1n) is 10.8. The van der Waals surface area contributed by atoms with E-state index in [1.807, 2.05) is 31.1 Å². The van der Waals surface area contributed by atoms with Crippen molar-refractivity contribution in [3.63, 3.8) is 0 Å². The summed E-state index contributed by atoms with van der Waals surface area (Å²) in [6.45, 7) is 0. The Morgan fingerprint density at radius 1 is 0.710 bits per heavy atom. The van der Waals surface area contributed by atoms with Gasteiger partial charge in [0.15, 0.2) is 5.96 Å². The third kappa shape index (κ3) is 3.36. The zero-order valence-electron chi connectivity index (χ0n) is 18.0. The van der Waals surface area contributed by atoms with Gasteiger partial charge >= 0.3 is 0 Å². The van der Waals surface area contributed by atoms with E-state index < -0.39 is 0 Å². The minimum Gasteiger partial charge on any atom is -0.335 e. The van der Waals surface area contributed by atoms with Gasteiger partial charge in [-0.1, -0.05) is 84.9 Å². The average molecular weight is 406 g/mol. The molecule has 154 valence electrons. The summed E-state index contributed by atoms with van der Waals surface area (Å²) >= 11 is 0. The summed E-state index contributed by atoms with van der Waals surface area (Å²) < 4.78 is 0. The molecule has 0 fully saturated rings. The van der Waals surface area contributed by atoms with Gasteiger partial charge in [0.1, 0.15) is 0 Å². The Bertz CT molecular complexity index is 1180. The summed E-state index contributed by atoms with van der Waals surface area (Å²) in [5.74, 6) is 0.469. The predicted octanol–water partition coefficient (Wildman–Crippen LogP) is 6.03. The summed E-state index contributed by atoms with van der Waals surface area (Å²) in [5, 5.41) is 11.7. The average Bonchev–Trinajstić information content (AvgIpc) is 3.25. The van der Waals surface area contributed by atoms with Crippen LogP contribution >= 0.6 is 0 Å². The van der Waals surface area contributed by atoms with Gasteiger partial charge < -0.3 is 9.80 Å². The van der Waals surface area contributed by atoms with Crippen LogP contribution in [0.1, 0.15) is 28.3 Å². The van der Waals surface area contributed by atoms with E-state index in [4.69, 9.17) is 5.41 Å². The van der Waals surface area contributed by atoms with Crippen molar-refractivity contribution in [3.05, 3.63) is 113 Å². The quantitative estimate of drug-likeness (QED) is 0.332. The van der Waals surface area contributed by atoms with E-state index in [9.17, 15) is 0 Å². The maximum Gasteiger partial charge on any atom is 0.198 e. The third-order valence-corrected chi connectivity index (χ3v) is 6.48. The molecule has 31 heavy (non-hydrogen) atoms. The molecule has 0 heterocycles. The molecule has 4 aromatic rings. The van der Waals surface area contributed by atoms with Crippen LogP contribution in [0.25, 0.3) is 10.8 Å². The normalized spacial score (nSPS) is 12.4. The van der Waals surface area contributed by atoms with Crippen LogP contribution in [-0.4, -0.2) is 25.0 Å². The van der Waals surface area contributed by atoms with Gasteiger partial charge in [0, 0.05) is 19.5 Å². The number of hydrogen-bond acceptors (Lipinski definition) is 1. The fraction of sp³-hybridized carbons (Fsp3) is 0.179. The summed E-state index contributed by atoms with van der Waals surface area (Å²) in [6.07, 6.45) is 2.22. The van der Waals surface area contributed by atoms with Crippen LogP contribution in [0.2, 0.25) is 0 Å². The predicted molar refractivity (Wildman–Crippen MR) is 130 cm³/mol. The summed E-state index contributed by atoms with van der Waals surface area (Å²) in [6, 6.07) is 31.9. The van der Waals surface area contributed by atoms with E-state index in [1.165, 1.54) is 33.0 Å². The smallest absolute Gasteiger partial charge is 0.198 e. The molecular formula is C28H27N3. The van der Waals surface area contributed by atoms with E-state index >= 15 is 0 Å². The SMILES string of the molecule is CN(C(=N)N(C)C(c1ccccc1)c1ccccc1)c1ccc2c3c(cccc13)CC2. The van der Waals surface area contributed by atoms with E-state index in [2.05, 4.69) is 83.8 Å². The second-order valence-electron chi connectivity index (χ2n) is 8.30. The van der Waals surface area contributed by atoms with Crippen molar-refractivity contribution in [3.8, 4) is 0 Å². The molecule has 0 saturated heterocycles. The first kappa shape index (κ1) is 19.4. The van der Waals surface area contributed by atoms with Crippen molar-refractivity contribution in [1.82, 2.24) is 4.90 Å². The van der Waals surface area contributed by atoms with Gasteiger partial charge in [-0.3, -0.25) is 5.41 Å². The molecule has 0 radical (unpaired) electrons. The topological polar surface area (TPSA) is 30.3 Å². The Kier molecular flexibility index (Phi) is 4.95. The highest BCUT2D eigenvalue weighted by Gasteiger charge is 2.25. The number of rotatable bonds is 4. The van der Waals surface area contributed by atoms with E-state index in [1.54, 1.807) is 0 Å². The van der Waals surface area contributed by atoms with Crippen molar-refractivity contribution in [1.29, 1.82) is 5.41 Å². The van der Waals surface area contributed by atoms with Crippen molar-refractivity contribution < 1.29 is 0 Å². The van der Waals surface area contributed by atoms with Crippen LogP contribution < -0.4 is 4.90 Å². The van der Waals surface area contributed by atoms with Crippen molar-refractivity contribution in [2.45, 2.75) is 18.9 Å². The first-order chi connectivity index (χ1) is 15.1. The van der Waals surface area contributed by atoms with Crippen LogP contribution in [0.4, 0.5) is 5.69 Å². The number of benzene rings is 4. The van der Waals surface area contributed by atoms with Gasteiger partial charge in [0.25, 0.3) is 0 Å². The molecular weight excluding hydrogens is 378 g/mol. The van der Waals surface area contributed by atoms with Gasteiger partial charge in [-0.15, -0.1) is 0 Å². The van der Waals surface area contributed by atoms with Crippen LogP contribution in [-0.2, 0) is 12.8 Å². The second-order valence-corrected chi connectivity index (χ2v) is 8.30. The lowest BCUT2D eigenvalue weighted by atomic mass is 9.97. The van der Waals surface area contributed by atoms with E-state index in [-0.39, 0.29) is 6.04 Å². The number of nitrogens with zero attached hydrogens (tertiary/aromatic N) is 2. The first-order valence-corrected chi connectivity index (χ1v) is 10.8. The Labute approximate surface area is 184 Å². The molecule has 1 aliphatic carbocycles. The lowest BCUT2D eigenvalue weighted by Gasteiger charge is -2.35. The molecule has 0 unspecified atom stereocenters. The molecule has 1 aliphatic rings. The Balaban J connectivity index is 1.54. The minimum absolute atomic E-state index is 0.0332. The van der Waals surface area contributed by atoms with E-state index in [0.29, 0.717) is 5.96 Å². The monoisotopic (exact) mass is 405 g/mol. The van der Waals surface area contributed by atoms with Gasteiger partial charge in [-0.05, 0) is 46.5 Å². The standard InChI is InChI=1S/C28H27N3/c1-30(25-19-18-21-17-16-20-14-9-15-24(25)26(20)21)28(29)31(2)27(22-10-5-3-6-11-22)23-12-7-4-8-13-23/h3-15,18-19,27,29H,16-17H2,1-2H3. The largest absolute Gasteiger partial charge is 0.335 e. The molecule has 0 spiro atoms. The van der Waals surface area contributed by atoms with Crippen molar-refractivity contribution >= 4 is 22.4 Å². The Morgan fingerprint density at radius 2 is 1.29 bits per heavy atom. The molecule has 3 nitrogen and oxygen atoms in total. The number of nitrogens with one attached hydrogen (secondary N) is 1. The van der Waals surface area contributed by atoms with Gasteiger partial charge in [-0.2, -0.15) is 0 Å². The number of anilines is 1. The molecule has 0 aromatic heterocycles. The number of guanidine groups is 1. The van der Waals surface area contributed by atoms with Crippen LogP contribution in [0.15, 0.2) is 91.0 Å². The molecule has 3 heteroatoms. The van der Waals surface area contributed by atoms with Crippen LogP contribution in [0.3, 0.4) is 0 Å². The highest BCUT2D eigenvalue weighted by Crippen LogP contribution is 2.37. The maximum absolute atomic E-state index is 9.12. The van der Waals surface area contributed by atoms with Gasteiger partial charge in [0.05, 0.1) is 11.7 Å². The summed E-state index contributed by atoms with van der Waals surface area (Å²) in [5.41, 5.74) is 6.28.